The molecule has 0 bridgehead atoms. The number of carboxylic acids is 1. The molecule has 0 spiro atoms. The topological polar surface area (TPSA) is 105 Å². The van der Waals surface area contributed by atoms with Crippen LogP contribution in [0.15, 0.2) is 12.1 Å². The number of ether oxygens (including phenoxy) is 1. The van der Waals surface area contributed by atoms with Crippen LogP contribution in [-0.2, 0) is 14.3 Å². The van der Waals surface area contributed by atoms with Crippen molar-refractivity contribution in [2.24, 2.45) is 0 Å². The first-order chi connectivity index (χ1) is 9.49. The van der Waals surface area contributed by atoms with Crippen LogP contribution in [0, 0.1) is 6.92 Å². The van der Waals surface area contributed by atoms with E-state index in [0.29, 0.717) is 4.88 Å². The van der Waals surface area contributed by atoms with Crippen molar-refractivity contribution in [1.29, 1.82) is 0 Å². The number of hydrogen-bond acceptors (Lipinski definition) is 5. The third kappa shape index (κ3) is 6.30. The summed E-state index contributed by atoms with van der Waals surface area (Å²) < 4.78 is 4.74. The summed E-state index contributed by atoms with van der Waals surface area (Å²) in [5.41, 5.74) is 0. The van der Waals surface area contributed by atoms with Gasteiger partial charge in [0, 0.05) is 11.4 Å². The fourth-order valence-corrected chi connectivity index (χ4v) is 2.07. The lowest BCUT2D eigenvalue weighted by atomic mass is 10.4. The number of amides is 2. The maximum Gasteiger partial charge on any atom is 0.329 e. The minimum absolute atomic E-state index is 0.107. The molecule has 1 aromatic heterocycles. The standard InChI is InChI=1S/C12H16N2O5S/c1-8-2-3-9(20-8)12(18)14-6-10(15)13-4-5-19-7-11(16)17/h2-3H,4-7H2,1H3,(H,13,15)(H,14,18)(H,16,17). The number of carboxylic acid groups (broad SMARTS) is 1. The van der Waals surface area contributed by atoms with Crippen LogP contribution in [0.25, 0.3) is 0 Å². The molecule has 8 heteroatoms. The minimum Gasteiger partial charge on any atom is -0.480 e. The lowest BCUT2D eigenvalue weighted by Gasteiger charge is -2.06. The van der Waals surface area contributed by atoms with Gasteiger partial charge in [0.15, 0.2) is 0 Å². The first-order valence-electron chi connectivity index (χ1n) is 5.90. The van der Waals surface area contributed by atoms with Crippen LogP contribution in [0.4, 0.5) is 0 Å². The molecule has 110 valence electrons. The van der Waals surface area contributed by atoms with E-state index in [-0.39, 0.29) is 31.5 Å². The first-order valence-corrected chi connectivity index (χ1v) is 6.71. The van der Waals surface area contributed by atoms with Gasteiger partial charge in [0.05, 0.1) is 18.0 Å². The van der Waals surface area contributed by atoms with Crippen LogP contribution in [0.5, 0.6) is 0 Å². The van der Waals surface area contributed by atoms with Crippen LogP contribution in [0.3, 0.4) is 0 Å². The molecule has 3 N–H and O–H groups in total. The summed E-state index contributed by atoms with van der Waals surface area (Å²) in [5, 5.41) is 13.3. The summed E-state index contributed by atoms with van der Waals surface area (Å²) in [5.74, 6) is -1.71. The Bertz CT molecular complexity index is 486. The minimum atomic E-state index is -1.06. The highest BCUT2D eigenvalue weighted by Gasteiger charge is 2.09. The van der Waals surface area contributed by atoms with Gasteiger partial charge in [-0.05, 0) is 19.1 Å². The molecule has 0 atom stereocenters. The van der Waals surface area contributed by atoms with Crippen molar-refractivity contribution in [1.82, 2.24) is 10.6 Å². The van der Waals surface area contributed by atoms with Crippen LogP contribution in [0.2, 0.25) is 0 Å². The van der Waals surface area contributed by atoms with E-state index in [1.54, 1.807) is 6.07 Å². The van der Waals surface area contributed by atoms with Crippen molar-refractivity contribution in [2.45, 2.75) is 6.92 Å². The Labute approximate surface area is 119 Å². The molecule has 7 nitrogen and oxygen atoms in total. The van der Waals surface area contributed by atoms with Gasteiger partial charge in [-0.25, -0.2) is 4.79 Å². The number of rotatable bonds is 8. The lowest BCUT2D eigenvalue weighted by molar-refractivity contribution is -0.142. The maximum atomic E-state index is 11.6. The number of nitrogens with one attached hydrogen (secondary N) is 2. The fraction of sp³-hybridized carbons (Fsp3) is 0.417. The number of carbonyl (C=O) groups is 3. The molecule has 1 aromatic rings. The van der Waals surface area contributed by atoms with E-state index in [2.05, 4.69) is 10.6 Å². The fourth-order valence-electron chi connectivity index (χ4n) is 1.29. The summed E-state index contributed by atoms with van der Waals surface area (Å²) in [6.07, 6.45) is 0. The Morgan fingerprint density at radius 1 is 1.30 bits per heavy atom. The Morgan fingerprint density at radius 2 is 2.05 bits per heavy atom. The van der Waals surface area contributed by atoms with E-state index in [1.165, 1.54) is 11.3 Å². The van der Waals surface area contributed by atoms with Crippen LogP contribution >= 0.6 is 11.3 Å². The number of aryl methyl sites for hydroxylation is 1. The molecule has 0 aliphatic rings. The second-order valence-electron chi connectivity index (χ2n) is 3.89. The Morgan fingerprint density at radius 3 is 2.65 bits per heavy atom. The van der Waals surface area contributed by atoms with E-state index in [9.17, 15) is 14.4 Å². The predicted molar refractivity (Wildman–Crippen MR) is 72.9 cm³/mol. The van der Waals surface area contributed by atoms with Gasteiger partial charge < -0.3 is 20.5 Å². The van der Waals surface area contributed by atoms with Crippen LogP contribution < -0.4 is 10.6 Å². The first kappa shape index (κ1) is 16.1. The van der Waals surface area contributed by atoms with Gasteiger partial charge in [-0.2, -0.15) is 0 Å². The average molecular weight is 300 g/mol. The Balaban J connectivity index is 2.13. The number of thiophene rings is 1. The van der Waals surface area contributed by atoms with Gasteiger partial charge in [-0.3, -0.25) is 9.59 Å². The molecule has 0 fully saturated rings. The Kier molecular flexibility index (Phi) is 6.68. The normalized spacial score (nSPS) is 10.1. The molecule has 0 aliphatic heterocycles. The maximum absolute atomic E-state index is 11.6. The highest BCUT2D eigenvalue weighted by Crippen LogP contribution is 2.14. The molecule has 2 amide bonds. The highest BCUT2D eigenvalue weighted by atomic mass is 32.1. The predicted octanol–water partition coefficient (Wildman–Crippen LogP) is 0.00372. The van der Waals surface area contributed by atoms with E-state index in [1.807, 2.05) is 13.0 Å². The summed E-state index contributed by atoms with van der Waals surface area (Å²) in [4.78, 5) is 34.8. The van der Waals surface area contributed by atoms with Crippen LogP contribution in [0.1, 0.15) is 14.5 Å². The van der Waals surface area contributed by atoms with Crippen molar-refractivity contribution in [2.75, 3.05) is 26.3 Å². The van der Waals surface area contributed by atoms with Gasteiger partial charge in [-0.15, -0.1) is 11.3 Å². The van der Waals surface area contributed by atoms with E-state index >= 15 is 0 Å². The molecular formula is C12H16N2O5S. The van der Waals surface area contributed by atoms with Crippen molar-refractivity contribution in [3.63, 3.8) is 0 Å². The molecule has 1 rings (SSSR count). The SMILES string of the molecule is Cc1ccc(C(=O)NCC(=O)NCCOCC(=O)O)s1. The van der Waals surface area contributed by atoms with Gasteiger partial charge >= 0.3 is 5.97 Å². The lowest BCUT2D eigenvalue weighted by Crippen LogP contribution is -2.38. The Hall–Kier alpha value is -1.93. The summed E-state index contributed by atoms with van der Waals surface area (Å²) >= 11 is 1.36. The van der Waals surface area contributed by atoms with E-state index < -0.39 is 12.6 Å². The summed E-state index contributed by atoms with van der Waals surface area (Å²) in [7, 11) is 0. The van der Waals surface area contributed by atoms with Crippen LogP contribution in [-0.4, -0.2) is 49.2 Å². The number of hydrogen-bond donors (Lipinski definition) is 3. The van der Waals surface area contributed by atoms with E-state index in [4.69, 9.17) is 9.84 Å². The highest BCUT2D eigenvalue weighted by molar-refractivity contribution is 7.13. The zero-order chi connectivity index (χ0) is 15.0. The smallest absolute Gasteiger partial charge is 0.329 e. The van der Waals surface area contributed by atoms with Crippen molar-refractivity contribution in [3.05, 3.63) is 21.9 Å². The third-order valence-electron chi connectivity index (χ3n) is 2.17. The largest absolute Gasteiger partial charge is 0.480 e. The summed E-state index contributed by atoms with van der Waals surface area (Å²) in [6, 6.07) is 3.53. The average Bonchev–Trinajstić information content (AvgIpc) is 2.82. The molecule has 1 heterocycles. The van der Waals surface area contributed by atoms with Gasteiger partial charge in [0.1, 0.15) is 6.61 Å². The molecule has 20 heavy (non-hydrogen) atoms. The number of carbonyl (C=O) groups excluding carboxylic acids is 2. The summed E-state index contributed by atoms with van der Waals surface area (Å²) in [6.45, 7) is 1.67. The second kappa shape index (κ2) is 8.28. The van der Waals surface area contributed by atoms with Gasteiger partial charge in [-0.1, -0.05) is 0 Å². The van der Waals surface area contributed by atoms with Gasteiger partial charge in [0.25, 0.3) is 5.91 Å². The number of aliphatic carboxylic acids is 1. The molecular weight excluding hydrogens is 284 g/mol. The molecule has 0 saturated heterocycles. The second-order valence-corrected chi connectivity index (χ2v) is 5.18. The molecule has 0 aliphatic carbocycles. The zero-order valence-electron chi connectivity index (χ0n) is 11.0. The zero-order valence-corrected chi connectivity index (χ0v) is 11.8. The molecule has 0 aromatic carbocycles. The van der Waals surface area contributed by atoms with E-state index in [0.717, 1.165) is 4.88 Å². The van der Waals surface area contributed by atoms with Crippen molar-refractivity contribution in [3.8, 4) is 0 Å². The molecule has 0 unspecified atom stereocenters. The molecule has 0 radical (unpaired) electrons. The molecule has 0 saturated carbocycles. The third-order valence-corrected chi connectivity index (χ3v) is 3.17. The van der Waals surface area contributed by atoms with Crippen molar-refractivity contribution >= 4 is 29.1 Å². The monoisotopic (exact) mass is 300 g/mol. The van der Waals surface area contributed by atoms with Crippen molar-refractivity contribution < 1.29 is 24.2 Å². The van der Waals surface area contributed by atoms with Gasteiger partial charge in [0.2, 0.25) is 5.91 Å². The quantitative estimate of drug-likeness (QED) is 0.586.